The van der Waals surface area contributed by atoms with E-state index in [0.717, 1.165) is 18.5 Å². The summed E-state index contributed by atoms with van der Waals surface area (Å²) in [7, 11) is -4.09. The zero-order chi connectivity index (χ0) is 12.5. The van der Waals surface area contributed by atoms with E-state index in [9.17, 15) is 12.8 Å². The number of hydrogen-bond donors (Lipinski definition) is 2. The lowest BCUT2D eigenvalue weighted by atomic mass is 10.3. The van der Waals surface area contributed by atoms with Crippen LogP contribution in [0.2, 0.25) is 0 Å². The van der Waals surface area contributed by atoms with Crippen molar-refractivity contribution in [1.29, 1.82) is 0 Å². The summed E-state index contributed by atoms with van der Waals surface area (Å²) < 4.78 is 43.7. The molecule has 0 saturated carbocycles. The number of nitrogens with two attached hydrogens (primary N) is 1. The molecule has 90 valence electrons. The molecule has 0 bridgehead atoms. The summed E-state index contributed by atoms with van der Waals surface area (Å²) in [6.07, 6.45) is 2.23. The van der Waals surface area contributed by atoms with Crippen molar-refractivity contribution in [3.05, 3.63) is 36.5 Å². The van der Waals surface area contributed by atoms with E-state index in [0.29, 0.717) is 0 Å². The number of halogens is 1. The fourth-order valence-corrected chi connectivity index (χ4v) is 2.49. The Labute approximate surface area is 96.3 Å². The fourth-order valence-electron chi connectivity index (χ4n) is 1.27. The van der Waals surface area contributed by atoms with E-state index in [-0.39, 0.29) is 11.4 Å². The molecule has 0 radical (unpaired) electrons. The number of sulfonamides is 1. The van der Waals surface area contributed by atoms with Crippen LogP contribution in [0, 0.1) is 5.82 Å². The highest BCUT2D eigenvalue weighted by Gasteiger charge is 2.22. The third-order valence-electron chi connectivity index (χ3n) is 1.95. The van der Waals surface area contributed by atoms with Gasteiger partial charge >= 0.3 is 0 Å². The van der Waals surface area contributed by atoms with Gasteiger partial charge in [-0.15, -0.1) is 0 Å². The van der Waals surface area contributed by atoms with Crippen LogP contribution in [-0.2, 0) is 10.0 Å². The minimum Gasteiger partial charge on any atom is -0.398 e. The first-order valence-electron chi connectivity index (χ1n) is 4.47. The first-order chi connectivity index (χ1) is 8.00. The summed E-state index contributed by atoms with van der Waals surface area (Å²) in [5.74, 6) is -0.922. The molecule has 0 aliphatic heterocycles. The van der Waals surface area contributed by atoms with Gasteiger partial charge in [0.15, 0.2) is 0 Å². The molecule has 8 heteroatoms. The highest BCUT2D eigenvalue weighted by Crippen LogP contribution is 2.23. The second kappa shape index (κ2) is 4.06. The average Bonchev–Trinajstić information content (AvgIpc) is 2.68. The number of nitrogens with zero attached hydrogens (tertiary/aromatic N) is 1. The van der Waals surface area contributed by atoms with Gasteiger partial charge in [-0.25, -0.2) is 12.8 Å². The van der Waals surface area contributed by atoms with E-state index in [2.05, 4.69) is 14.4 Å². The monoisotopic (exact) mass is 257 g/mol. The van der Waals surface area contributed by atoms with Crippen LogP contribution in [0.4, 0.5) is 15.8 Å². The Morgan fingerprint density at radius 1 is 1.41 bits per heavy atom. The summed E-state index contributed by atoms with van der Waals surface area (Å²) >= 11 is 0. The van der Waals surface area contributed by atoms with Gasteiger partial charge in [0.05, 0.1) is 11.9 Å². The van der Waals surface area contributed by atoms with Crippen molar-refractivity contribution in [2.24, 2.45) is 0 Å². The summed E-state index contributed by atoms with van der Waals surface area (Å²) in [6, 6.07) is 3.63. The zero-order valence-electron chi connectivity index (χ0n) is 8.42. The van der Waals surface area contributed by atoms with Crippen molar-refractivity contribution in [2.45, 2.75) is 4.90 Å². The van der Waals surface area contributed by atoms with E-state index < -0.39 is 20.7 Å². The van der Waals surface area contributed by atoms with E-state index in [1.165, 1.54) is 12.1 Å². The molecule has 1 heterocycles. The molecule has 0 fully saturated rings. The van der Waals surface area contributed by atoms with Crippen LogP contribution in [0.1, 0.15) is 0 Å². The lowest BCUT2D eigenvalue weighted by molar-refractivity contribution is 0.420. The molecule has 0 aliphatic rings. The summed E-state index contributed by atoms with van der Waals surface area (Å²) in [4.78, 5) is -0.596. The van der Waals surface area contributed by atoms with Crippen LogP contribution in [0.15, 0.2) is 40.1 Å². The molecule has 0 atom stereocenters. The first-order valence-corrected chi connectivity index (χ1v) is 5.95. The summed E-state index contributed by atoms with van der Waals surface area (Å²) in [5, 5.41) is 3.32. The smallest absolute Gasteiger partial charge is 0.267 e. The zero-order valence-corrected chi connectivity index (χ0v) is 9.24. The summed E-state index contributed by atoms with van der Waals surface area (Å²) in [6.45, 7) is 0. The van der Waals surface area contributed by atoms with Crippen molar-refractivity contribution in [1.82, 2.24) is 5.16 Å². The molecule has 6 nitrogen and oxygen atoms in total. The van der Waals surface area contributed by atoms with Gasteiger partial charge in [-0.1, -0.05) is 11.2 Å². The fraction of sp³-hybridized carbons (Fsp3) is 0. The predicted octanol–water partition coefficient (Wildman–Crippen LogP) is 1.20. The first kappa shape index (κ1) is 11.4. The van der Waals surface area contributed by atoms with Crippen molar-refractivity contribution in [3.8, 4) is 0 Å². The standard InChI is InChI=1S/C9H8FN3O3S/c10-7-2-1-3-8(11)9(7)17(14,15)13-6-4-12-16-5-6/h1-5,13H,11H2. The number of aromatic nitrogens is 1. The number of rotatable bonds is 3. The number of nitrogen functional groups attached to an aromatic ring is 1. The van der Waals surface area contributed by atoms with Gasteiger partial charge in [0, 0.05) is 0 Å². The maximum absolute atomic E-state index is 13.4. The topological polar surface area (TPSA) is 98.2 Å². The molecule has 1 aromatic heterocycles. The van der Waals surface area contributed by atoms with Crippen molar-refractivity contribution >= 4 is 21.4 Å². The molecule has 2 aromatic rings. The van der Waals surface area contributed by atoms with Crippen molar-refractivity contribution in [2.75, 3.05) is 10.5 Å². The SMILES string of the molecule is Nc1cccc(F)c1S(=O)(=O)Nc1cnoc1. The molecule has 3 N–H and O–H groups in total. The maximum Gasteiger partial charge on any atom is 0.267 e. The van der Waals surface area contributed by atoms with Crippen molar-refractivity contribution < 1.29 is 17.3 Å². The largest absolute Gasteiger partial charge is 0.398 e. The normalized spacial score (nSPS) is 11.4. The predicted molar refractivity (Wildman–Crippen MR) is 58.1 cm³/mol. The Morgan fingerprint density at radius 3 is 2.76 bits per heavy atom. The lowest BCUT2D eigenvalue weighted by Crippen LogP contribution is -2.16. The van der Waals surface area contributed by atoms with Gasteiger partial charge in [0.1, 0.15) is 22.7 Å². The number of nitrogens with one attached hydrogen (secondary N) is 1. The van der Waals surface area contributed by atoms with Gasteiger partial charge < -0.3 is 10.3 Å². The number of benzene rings is 1. The third-order valence-corrected chi connectivity index (χ3v) is 3.42. The Morgan fingerprint density at radius 2 is 2.18 bits per heavy atom. The molecule has 17 heavy (non-hydrogen) atoms. The van der Waals surface area contributed by atoms with Crippen LogP contribution in [0.25, 0.3) is 0 Å². The van der Waals surface area contributed by atoms with E-state index in [1.54, 1.807) is 0 Å². The molecule has 0 amide bonds. The Bertz CT molecular complexity index is 605. The van der Waals surface area contributed by atoms with Gasteiger partial charge in [-0.05, 0) is 12.1 Å². The lowest BCUT2D eigenvalue weighted by Gasteiger charge is -2.08. The van der Waals surface area contributed by atoms with Crippen LogP contribution in [0.5, 0.6) is 0 Å². The Balaban J connectivity index is 2.45. The molecular formula is C9H8FN3O3S. The third kappa shape index (κ3) is 2.21. The second-order valence-corrected chi connectivity index (χ2v) is 4.80. The van der Waals surface area contributed by atoms with Crippen LogP contribution < -0.4 is 10.5 Å². The second-order valence-electron chi connectivity index (χ2n) is 3.18. The molecule has 0 saturated heterocycles. The van der Waals surface area contributed by atoms with E-state index >= 15 is 0 Å². The summed E-state index contributed by atoms with van der Waals surface area (Å²) in [5.41, 5.74) is 5.36. The molecule has 0 aliphatic carbocycles. The minimum atomic E-state index is -4.09. The molecule has 0 spiro atoms. The average molecular weight is 257 g/mol. The molecular weight excluding hydrogens is 249 g/mol. The van der Waals surface area contributed by atoms with E-state index in [1.807, 2.05) is 0 Å². The van der Waals surface area contributed by atoms with Crippen molar-refractivity contribution in [3.63, 3.8) is 0 Å². The number of hydrogen-bond acceptors (Lipinski definition) is 5. The van der Waals surface area contributed by atoms with Gasteiger partial charge in [0.2, 0.25) is 0 Å². The van der Waals surface area contributed by atoms with Crippen LogP contribution in [0.3, 0.4) is 0 Å². The quantitative estimate of drug-likeness (QED) is 0.805. The van der Waals surface area contributed by atoms with Gasteiger partial charge in [-0.3, -0.25) is 4.72 Å². The highest BCUT2D eigenvalue weighted by molar-refractivity contribution is 7.92. The number of anilines is 2. The molecule has 0 unspecified atom stereocenters. The minimum absolute atomic E-state index is 0.0904. The van der Waals surface area contributed by atoms with Crippen LogP contribution in [-0.4, -0.2) is 13.6 Å². The Kier molecular flexibility index (Phi) is 2.72. The molecule has 1 aromatic carbocycles. The Hall–Kier alpha value is -2.09. The van der Waals surface area contributed by atoms with Crippen LogP contribution >= 0.6 is 0 Å². The van der Waals surface area contributed by atoms with E-state index in [4.69, 9.17) is 5.73 Å². The maximum atomic E-state index is 13.4. The van der Waals surface area contributed by atoms with Gasteiger partial charge in [-0.2, -0.15) is 0 Å². The highest BCUT2D eigenvalue weighted by atomic mass is 32.2. The molecule has 2 rings (SSSR count). The van der Waals surface area contributed by atoms with Gasteiger partial charge in [0.25, 0.3) is 10.0 Å².